The lowest BCUT2D eigenvalue weighted by atomic mass is 10.1. The Balaban J connectivity index is 1.79. The van der Waals surface area contributed by atoms with Crippen LogP contribution in [0.3, 0.4) is 0 Å². The van der Waals surface area contributed by atoms with E-state index in [0.717, 1.165) is 11.3 Å². The summed E-state index contributed by atoms with van der Waals surface area (Å²) in [5, 5.41) is 0. The Hall–Kier alpha value is -2.34. The summed E-state index contributed by atoms with van der Waals surface area (Å²) in [7, 11) is 1.77. The van der Waals surface area contributed by atoms with Gasteiger partial charge in [0.1, 0.15) is 0 Å². The SMILES string of the molecule is CN(Cc1ccc(C(N)=O)cc1)C(=O)CSCc1ccccn1. The first-order valence-electron chi connectivity index (χ1n) is 7.16. The van der Waals surface area contributed by atoms with Crippen molar-refractivity contribution in [1.29, 1.82) is 0 Å². The number of thioether (sulfide) groups is 1. The quantitative estimate of drug-likeness (QED) is 0.844. The van der Waals surface area contributed by atoms with Crippen LogP contribution >= 0.6 is 11.8 Å². The van der Waals surface area contributed by atoms with Crippen LogP contribution in [0, 0.1) is 0 Å². The van der Waals surface area contributed by atoms with Gasteiger partial charge in [0.15, 0.2) is 0 Å². The van der Waals surface area contributed by atoms with Crippen LogP contribution in [0.4, 0.5) is 0 Å². The molecule has 0 atom stereocenters. The van der Waals surface area contributed by atoms with E-state index in [-0.39, 0.29) is 5.91 Å². The van der Waals surface area contributed by atoms with Crippen molar-refractivity contribution >= 4 is 23.6 Å². The number of primary amides is 1. The van der Waals surface area contributed by atoms with E-state index in [1.165, 1.54) is 0 Å². The monoisotopic (exact) mass is 329 g/mol. The van der Waals surface area contributed by atoms with Crippen LogP contribution in [0.15, 0.2) is 48.7 Å². The zero-order valence-electron chi connectivity index (χ0n) is 12.9. The Morgan fingerprint density at radius 2 is 1.91 bits per heavy atom. The highest BCUT2D eigenvalue weighted by molar-refractivity contribution is 7.99. The van der Waals surface area contributed by atoms with Gasteiger partial charge in [-0.1, -0.05) is 18.2 Å². The summed E-state index contributed by atoms with van der Waals surface area (Å²) in [4.78, 5) is 29.0. The first-order valence-corrected chi connectivity index (χ1v) is 8.32. The van der Waals surface area contributed by atoms with Gasteiger partial charge in [-0.05, 0) is 29.8 Å². The lowest BCUT2D eigenvalue weighted by Gasteiger charge is -2.17. The molecule has 6 heteroatoms. The molecule has 0 unspecified atom stereocenters. The Morgan fingerprint density at radius 3 is 2.52 bits per heavy atom. The molecule has 0 spiro atoms. The molecule has 2 N–H and O–H groups in total. The van der Waals surface area contributed by atoms with Crippen LogP contribution in [0.25, 0.3) is 0 Å². The summed E-state index contributed by atoms with van der Waals surface area (Å²) >= 11 is 1.54. The van der Waals surface area contributed by atoms with Crippen LogP contribution < -0.4 is 5.73 Å². The molecule has 0 radical (unpaired) electrons. The molecule has 0 saturated carbocycles. The van der Waals surface area contributed by atoms with Crippen molar-refractivity contribution < 1.29 is 9.59 Å². The van der Waals surface area contributed by atoms with E-state index in [1.807, 2.05) is 30.3 Å². The van der Waals surface area contributed by atoms with Crippen molar-refractivity contribution in [3.05, 3.63) is 65.5 Å². The minimum Gasteiger partial charge on any atom is -0.366 e. The highest BCUT2D eigenvalue weighted by Gasteiger charge is 2.10. The summed E-state index contributed by atoms with van der Waals surface area (Å²) in [6.45, 7) is 0.502. The standard InChI is InChI=1S/C17H19N3O2S/c1-20(10-13-5-7-14(8-6-13)17(18)22)16(21)12-23-11-15-4-2-3-9-19-15/h2-9H,10-12H2,1H3,(H2,18,22). The molecule has 120 valence electrons. The molecule has 0 fully saturated rings. The Morgan fingerprint density at radius 1 is 1.17 bits per heavy atom. The van der Waals surface area contributed by atoms with E-state index in [4.69, 9.17) is 5.73 Å². The number of amides is 2. The number of aromatic nitrogens is 1. The zero-order valence-corrected chi connectivity index (χ0v) is 13.8. The first kappa shape index (κ1) is 17.0. The molecule has 1 aromatic heterocycles. The van der Waals surface area contributed by atoms with Gasteiger partial charge in [-0.15, -0.1) is 11.8 Å². The van der Waals surface area contributed by atoms with E-state index in [0.29, 0.717) is 23.6 Å². The van der Waals surface area contributed by atoms with Gasteiger partial charge in [-0.25, -0.2) is 0 Å². The number of nitrogens with zero attached hydrogens (tertiary/aromatic N) is 2. The van der Waals surface area contributed by atoms with E-state index in [2.05, 4.69) is 4.98 Å². The van der Waals surface area contributed by atoms with Gasteiger partial charge in [-0.2, -0.15) is 0 Å². The Bertz CT molecular complexity index is 659. The van der Waals surface area contributed by atoms with E-state index in [1.54, 1.807) is 42.0 Å². The first-order chi connectivity index (χ1) is 11.1. The normalized spacial score (nSPS) is 10.3. The fourth-order valence-electron chi connectivity index (χ4n) is 1.97. The summed E-state index contributed by atoms with van der Waals surface area (Å²) in [5.74, 6) is 0.733. The van der Waals surface area contributed by atoms with Gasteiger partial charge in [0.05, 0.1) is 11.4 Å². The summed E-state index contributed by atoms with van der Waals surface area (Å²) in [6.07, 6.45) is 1.75. The number of nitrogens with two attached hydrogens (primary N) is 1. The molecule has 23 heavy (non-hydrogen) atoms. The second-order valence-electron chi connectivity index (χ2n) is 5.12. The number of hydrogen-bond donors (Lipinski definition) is 1. The third-order valence-electron chi connectivity index (χ3n) is 3.29. The summed E-state index contributed by atoms with van der Waals surface area (Å²) in [6, 6.07) is 12.7. The Labute approximate surface area is 139 Å². The number of pyridine rings is 1. The maximum Gasteiger partial charge on any atom is 0.248 e. The number of carbonyl (C=O) groups is 2. The van der Waals surface area contributed by atoms with Gasteiger partial charge in [0, 0.05) is 31.1 Å². The van der Waals surface area contributed by atoms with E-state index in [9.17, 15) is 9.59 Å². The molecule has 0 aliphatic carbocycles. The smallest absolute Gasteiger partial charge is 0.248 e. The van der Waals surface area contributed by atoms with Crippen molar-refractivity contribution in [1.82, 2.24) is 9.88 Å². The van der Waals surface area contributed by atoms with Gasteiger partial charge in [0.2, 0.25) is 11.8 Å². The molecule has 0 aliphatic rings. The molecule has 0 bridgehead atoms. The maximum atomic E-state index is 12.1. The molecule has 1 heterocycles. The van der Waals surface area contributed by atoms with Crippen molar-refractivity contribution in [2.75, 3.05) is 12.8 Å². The molecular weight excluding hydrogens is 310 g/mol. The third-order valence-corrected chi connectivity index (χ3v) is 4.24. The van der Waals surface area contributed by atoms with Gasteiger partial charge in [-0.3, -0.25) is 14.6 Å². The molecule has 5 nitrogen and oxygen atoms in total. The topological polar surface area (TPSA) is 76.3 Å². The van der Waals surface area contributed by atoms with Gasteiger partial charge < -0.3 is 10.6 Å². The van der Waals surface area contributed by atoms with Gasteiger partial charge in [0.25, 0.3) is 0 Å². The van der Waals surface area contributed by atoms with Gasteiger partial charge >= 0.3 is 0 Å². The molecule has 1 aromatic carbocycles. The molecule has 2 aromatic rings. The lowest BCUT2D eigenvalue weighted by Crippen LogP contribution is -2.27. The zero-order chi connectivity index (χ0) is 16.7. The minimum absolute atomic E-state index is 0.0601. The predicted molar refractivity (Wildman–Crippen MR) is 91.8 cm³/mol. The van der Waals surface area contributed by atoms with Crippen LogP contribution in [-0.2, 0) is 17.1 Å². The molecule has 0 aliphatic heterocycles. The van der Waals surface area contributed by atoms with Crippen molar-refractivity contribution in [3.63, 3.8) is 0 Å². The molecule has 2 amide bonds. The number of benzene rings is 1. The number of carbonyl (C=O) groups excluding carboxylic acids is 2. The fourth-order valence-corrected chi connectivity index (χ4v) is 2.85. The van der Waals surface area contributed by atoms with E-state index < -0.39 is 5.91 Å². The summed E-state index contributed by atoms with van der Waals surface area (Å²) in [5.41, 5.74) is 7.60. The summed E-state index contributed by atoms with van der Waals surface area (Å²) < 4.78 is 0. The van der Waals surface area contributed by atoms with Crippen LogP contribution in [0.1, 0.15) is 21.6 Å². The highest BCUT2D eigenvalue weighted by atomic mass is 32.2. The third kappa shape index (κ3) is 5.41. The van der Waals surface area contributed by atoms with Crippen LogP contribution in [-0.4, -0.2) is 34.5 Å². The van der Waals surface area contributed by atoms with E-state index >= 15 is 0 Å². The van der Waals surface area contributed by atoms with Crippen molar-refractivity contribution in [3.8, 4) is 0 Å². The van der Waals surface area contributed by atoms with Crippen LogP contribution in [0.2, 0.25) is 0 Å². The average Bonchev–Trinajstić information content (AvgIpc) is 2.56. The second-order valence-corrected chi connectivity index (χ2v) is 6.11. The molecular formula is C17H19N3O2S. The van der Waals surface area contributed by atoms with Crippen LogP contribution in [0.5, 0.6) is 0 Å². The van der Waals surface area contributed by atoms with Crippen molar-refractivity contribution in [2.45, 2.75) is 12.3 Å². The number of hydrogen-bond acceptors (Lipinski definition) is 4. The Kier molecular flexibility index (Phi) is 6.17. The largest absolute Gasteiger partial charge is 0.366 e. The average molecular weight is 329 g/mol. The molecule has 0 saturated heterocycles. The lowest BCUT2D eigenvalue weighted by molar-refractivity contribution is -0.127. The molecule has 2 rings (SSSR count). The van der Waals surface area contributed by atoms with Crippen molar-refractivity contribution in [2.24, 2.45) is 5.73 Å². The second kappa shape index (κ2) is 8.33. The minimum atomic E-state index is -0.452. The maximum absolute atomic E-state index is 12.1. The predicted octanol–water partition coefficient (Wildman–Crippen LogP) is 2.07. The highest BCUT2D eigenvalue weighted by Crippen LogP contribution is 2.12. The number of rotatable bonds is 7. The fraction of sp³-hybridized carbons (Fsp3) is 0.235.